The smallest absolute Gasteiger partial charge is 0.131 e. The summed E-state index contributed by atoms with van der Waals surface area (Å²) in [4.78, 5) is 0. The van der Waals surface area contributed by atoms with Gasteiger partial charge in [0, 0.05) is 10.9 Å². The highest BCUT2D eigenvalue weighted by Gasteiger charge is 2.10. The summed E-state index contributed by atoms with van der Waals surface area (Å²) in [7, 11) is 0. The van der Waals surface area contributed by atoms with Crippen molar-refractivity contribution in [2.75, 3.05) is 0 Å². The van der Waals surface area contributed by atoms with Crippen LogP contribution in [0.3, 0.4) is 0 Å². The number of rotatable bonds is 1. The lowest BCUT2D eigenvalue weighted by Gasteiger charge is -2.10. The highest BCUT2D eigenvalue weighted by Crippen LogP contribution is 2.38. The lowest BCUT2D eigenvalue weighted by molar-refractivity contribution is 0.472. The molecule has 0 aliphatic rings. The Hall–Kier alpha value is -3.20. The van der Waals surface area contributed by atoms with E-state index in [-0.39, 0.29) is 17.2 Å². The molecule has 0 saturated carbocycles. The van der Waals surface area contributed by atoms with Gasteiger partial charge in [-0.2, -0.15) is 0 Å². The van der Waals surface area contributed by atoms with Crippen LogP contribution >= 0.6 is 0 Å². The van der Waals surface area contributed by atoms with Crippen LogP contribution in [0.1, 0.15) is 0 Å². The maximum absolute atomic E-state index is 10.6. The van der Waals surface area contributed by atoms with Gasteiger partial charge in [-0.3, -0.25) is 0 Å². The van der Waals surface area contributed by atoms with Crippen molar-refractivity contribution in [1.29, 1.82) is 0 Å². The van der Waals surface area contributed by atoms with Gasteiger partial charge in [0.05, 0.1) is 0 Å². The van der Waals surface area contributed by atoms with Gasteiger partial charge in [0.1, 0.15) is 17.2 Å². The molecule has 0 amide bonds. The molecule has 4 aromatic carbocycles. The number of benzene rings is 4. The summed E-state index contributed by atoms with van der Waals surface area (Å²) in [6, 6.07) is 19.7. The summed E-state index contributed by atoms with van der Waals surface area (Å²) >= 11 is 0. The van der Waals surface area contributed by atoms with E-state index in [4.69, 9.17) is 0 Å². The first-order chi connectivity index (χ1) is 11.1. The quantitative estimate of drug-likeness (QED) is 0.474. The SMILES string of the molecule is Oc1ccc2ccc(-c3ccc4ccc(O)cc4c3O)cc2c1. The lowest BCUT2D eigenvalue weighted by atomic mass is 9.97. The van der Waals surface area contributed by atoms with Gasteiger partial charge in [0.25, 0.3) is 0 Å². The average molecular weight is 302 g/mol. The molecular formula is C20H14O3. The first-order valence-corrected chi connectivity index (χ1v) is 7.30. The van der Waals surface area contributed by atoms with Gasteiger partial charge in [-0.05, 0) is 52.1 Å². The number of aromatic hydroxyl groups is 3. The third-order valence-corrected chi connectivity index (χ3v) is 4.11. The molecule has 0 spiro atoms. The first-order valence-electron chi connectivity index (χ1n) is 7.30. The van der Waals surface area contributed by atoms with E-state index in [2.05, 4.69) is 0 Å². The summed E-state index contributed by atoms with van der Waals surface area (Å²) < 4.78 is 0. The molecule has 3 N–H and O–H groups in total. The molecule has 4 rings (SSSR count). The van der Waals surface area contributed by atoms with E-state index < -0.39 is 0 Å². The Morgan fingerprint density at radius 2 is 1.17 bits per heavy atom. The van der Waals surface area contributed by atoms with Gasteiger partial charge in [-0.1, -0.05) is 36.4 Å². The maximum atomic E-state index is 10.6. The van der Waals surface area contributed by atoms with E-state index in [0.29, 0.717) is 10.9 Å². The third-order valence-electron chi connectivity index (χ3n) is 4.11. The summed E-state index contributed by atoms with van der Waals surface area (Å²) in [6.07, 6.45) is 0. The van der Waals surface area contributed by atoms with Gasteiger partial charge in [0.15, 0.2) is 0 Å². The largest absolute Gasteiger partial charge is 0.508 e. The predicted molar refractivity (Wildman–Crippen MR) is 91.9 cm³/mol. The topological polar surface area (TPSA) is 60.7 Å². The van der Waals surface area contributed by atoms with Crippen molar-refractivity contribution in [3.8, 4) is 28.4 Å². The van der Waals surface area contributed by atoms with Crippen LogP contribution in [0.4, 0.5) is 0 Å². The number of hydrogen-bond acceptors (Lipinski definition) is 3. The Morgan fingerprint density at radius 3 is 2.00 bits per heavy atom. The van der Waals surface area contributed by atoms with E-state index in [1.54, 1.807) is 30.3 Å². The molecule has 0 atom stereocenters. The zero-order valence-corrected chi connectivity index (χ0v) is 12.2. The second-order valence-electron chi connectivity index (χ2n) is 5.61. The normalized spacial score (nSPS) is 11.1. The molecule has 0 radical (unpaired) electrons. The van der Waals surface area contributed by atoms with E-state index >= 15 is 0 Å². The van der Waals surface area contributed by atoms with Crippen molar-refractivity contribution >= 4 is 21.5 Å². The van der Waals surface area contributed by atoms with Crippen LogP contribution < -0.4 is 0 Å². The van der Waals surface area contributed by atoms with Crippen LogP contribution in [0, 0.1) is 0 Å². The van der Waals surface area contributed by atoms with Gasteiger partial charge in [-0.25, -0.2) is 0 Å². The van der Waals surface area contributed by atoms with E-state index in [0.717, 1.165) is 21.7 Å². The predicted octanol–water partition coefficient (Wildman–Crippen LogP) is 4.78. The van der Waals surface area contributed by atoms with Crippen LogP contribution in [0.5, 0.6) is 17.2 Å². The molecule has 0 fully saturated rings. The fourth-order valence-corrected chi connectivity index (χ4v) is 2.93. The van der Waals surface area contributed by atoms with E-state index in [9.17, 15) is 15.3 Å². The van der Waals surface area contributed by atoms with Crippen molar-refractivity contribution in [3.05, 3.63) is 66.7 Å². The van der Waals surface area contributed by atoms with Crippen molar-refractivity contribution in [1.82, 2.24) is 0 Å². The Balaban J connectivity index is 1.96. The Kier molecular flexibility index (Phi) is 2.88. The van der Waals surface area contributed by atoms with Crippen LogP contribution in [0.25, 0.3) is 32.7 Å². The minimum Gasteiger partial charge on any atom is -0.508 e. The highest BCUT2D eigenvalue weighted by atomic mass is 16.3. The number of phenols is 3. The molecule has 3 nitrogen and oxygen atoms in total. The summed E-state index contributed by atoms with van der Waals surface area (Å²) in [5, 5.41) is 33.3. The number of hydrogen-bond donors (Lipinski definition) is 3. The second-order valence-corrected chi connectivity index (χ2v) is 5.61. The van der Waals surface area contributed by atoms with Crippen LogP contribution in [0.15, 0.2) is 66.7 Å². The first kappa shape index (κ1) is 13.5. The minimum absolute atomic E-state index is 0.119. The monoisotopic (exact) mass is 302 g/mol. The van der Waals surface area contributed by atoms with Gasteiger partial charge >= 0.3 is 0 Å². The number of fused-ring (bicyclic) bond motifs is 2. The van der Waals surface area contributed by atoms with E-state index in [1.807, 2.05) is 36.4 Å². The molecule has 3 heteroatoms. The molecule has 0 bridgehead atoms. The molecule has 23 heavy (non-hydrogen) atoms. The Bertz CT molecular complexity index is 1050. The maximum Gasteiger partial charge on any atom is 0.131 e. The van der Waals surface area contributed by atoms with Crippen molar-refractivity contribution < 1.29 is 15.3 Å². The van der Waals surface area contributed by atoms with Crippen molar-refractivity contribution in [3.63, 3.8) is 0 Å². The van der Waals surface area contributed by atoms with Gasteiger partial charge in [0.2, 0.25) is 0 Å². The van der Waals surface area contributed by atoms with Gasteiger partial charge < -0.3 is 15.3 Å². The molecule has 4 aromatic rings. The molecule has 112 valence electrons. The lowest BCUT2D eigenvalue weighted by Crippen LogP contribution is -1.83. The van der Waals surface area contributed by atoms with Crippen LogP contribution in [-0.4, -0.2) is 15.3 Å². The highest BCUT2D eigenvalue weighted by molar-refractivity contribution is 5.97. The average Bonchev–Trinajstić information content (AvgIpc) is 2.55. The van der Waals surface area contributed by atoms with Crippen molar-refractivity contribution in [2.45, 2.75) is 0 Å². The molecule has 0 aliphatic heterocycles. The number of phenolic OH excluding ortho intramolecular Hbond substituents is 3. The van der Waals surface area contributed by atoms with Crippen LogP contribution in [-0.2, 0) is 0 Å². The zero-order chi connectivity index (χ0) is 16.0. The van der Waals surface area contributed by atoms with Crippen LogP contribution in [0.2, 0.25) is 0 Å². The Morgan fingerprint density at radius 1 is 0.522 bits per heavy atom. The Labute approximate surface area is 132 Å². The van der Waals surface area contributed by atoms with Gasteiger partial charge in [-0.15, -0.1) is 0 Å². The summed E-state index contributed by atoms with van der Waals surface area (Å²) in [5.41, 5.74) is 1.54. The molecular weight excluding hydrogens is 288 g/mol. The minimum atomic E-state index is 0.119. The summed E-state index contributed by atoms with van der Waals surface area (Å²) in [6.45, 7) is 0. The molecule has 0 saturated heterocycles. The standard InChI is InChI=1S/C20H14O3/c21-16-6-3-12-1-2-14(9-15(12)10-16)18-8-5-13-4-7-17(22)11-19(13)20(18)23/h1-11,21-23H. The fourth-order valence-electron chi connectivity index (χ4n) is 2.93. The second kappa shape index (κ2) is 4.92. The van der Waals surface area contributed by atoms with E-state index in [1.165, 1.54) is 0 Å². The summed E-state index contributed by atoms with van der Waals surface area (Å²) in [5.74, 6) is 0.466. The third kappa shape index (κ3) is 2.23. The molecule has 0 unspecified atom stereocenters. The fraction of sp³-hybridized carbons (Fsp3) is 0. The zero-order valence-electron chi connectivity index (χ0n) is 12.2. The molecule has 0 heterocycles. The molecule has 0 aliphatic carbocycles. The molecule has 0 aromatic heterocycles. The van der Waals surface area contributed by atoms with Crippen molar-refractivity contribution in [2.24, 2.45) is 0 Å².